The predicted octanol–water partition coefficient (Wildman–Crippen LogP) is 1.14. The largest absolute Gasteiger partial charge is 0.481 e. The number of hydrogen-bond donors (Lipinski definition) is 6. The molecule has 1 atom stereocenters. The third-order valence-electron chi connectivity index (χ3n) is 4.06. The SMILES string of the molecule is CC(C)(CO)[C@@H](O)C(=O)NCCCO.O=C(O)CCCCCCCCC(=O)O. The van der Waals surface area contributed by atoms with Gasteiger partial charge in [-0.2, -0.15) is 0 Å². The van der Waals surface area contributed by atoms with Crippen LogP contribution in [-0.2, 0) is 14.4 Å². The number of carboxylic acid groups (broad SMARTS) is 2. The molecule has 0 spiro atoms. The van der Waals surface area contributed by atoms with Gasteiger partial charge >= 0.3 is 11.9 Å². The van der Waals surface area contributed by atoms with Crippen LogP contribution in [0.15, 0.2) is 0 Å². The summed E-state index contributed by atoms with van der Waals surface area (Å²) in [6, 6.07) is 0. The topological polar surface area (TPSA) is 164 Å². The van der Waals surface area contributed by atoms with Crippen LogP contribution in [0.2, 0.25) is 0 Å². The quantitative estimate of drug-likeness (QED) is 0.220. The number of aliphatic carboxylic acids is 2. The Morgan fingerprint density at radius 3 is 1.61 bits per heavy atom. The average molecular weight is 408 g/mol. The van der Waals surface area contributed by atoms with Gasteiger partial charge < -0.3 is 30.8 Å². The number of rotatable bonds is 15. The smallest absolute Gasteiger partial charge is 0.303 e. The van der Waals surface area contributed by atoms with Gasteiger partial charge in [-0.1, -0.05) is 39.5 Å². The number of amides is 1. The molecule has 9 heteroatoms. The third kappa shape index (κ3) is 17.7. The van der Waals surface area contributed by atoms with Gasteiger partial charge in [0.05, 0.1) is 6.61 Å². The number of aliphatic hydroxyl groups excluding tert-OH is 3. The van der Waals surface area contributed by atoms with Gasteiger partial charge in [0.1, 0.15) is 6.10 Å². The van der Waals surface area contributed by atoms with Crippen molar-refractivity contribution in [3.8, 4) is 0 Å². The van der Waals surface area contributed by atoms with Gasteiger partial charge in [-0.15, -0.1) is 0 Å². The Labute approximate surface area is 166 Å². The van der Waals surface area contributed by atoms with Crippen LogP contribution in [0.1, 0.15) is 71.6 Å². The molecule has 166 valence electrons. The summed E-state index contributed by atoms with van der Waals surface area (Å²) in [5.74, 6) is -2.00. The molecule has 0 fully saturated rings. The van der Waals surface area contributed by atoms with Crippen LogP contribution < -0.4 is 5.32 Å². The van der Waals surface area contributed by atoms with Crippen molar-refractivity contribution < 1.29 is 39.9 Å². The Balaban J connectivity index is 0. The fourth-order valence-corrected chi connectivity index (χ4v) is 2.09. The molecule has 1 amide bonds. The fourth-order valence-electron chi connectivity index (χ4n) is 2.09. The minimum Gasteiger partial charge on any atom is -0.481 e. The molecule has 0 aliphatic carbocycles. The van der Waals surface area contributed by atoms with E-state index in [1.54, 1.807) is 13.8 Å². The minimum atomic E-state index is -1.23. The van der Waals surface area contributed by atoms with Crippen molar-refractivity contribution in [2.45, 2.75) is 77.7 Å². The molecule has 0 aromatic heterocycles. The van der Waals surface area contributed by atoms with Crippen molar-refractivity contribution in [2.24, 2.45) is 5.41 Å². The summed E-state index contributed by atoms with van der Waals surface area (Å²) in [6.07, 6.45) is 5.05. The molecule has 0 aromatic carbocycles. The number of carbonyl (C=O) groups is 3. The molecule has 0 saturated heterocycles. The molecule has 0 aromatic rings. The van der Waals surface area contributed by atoms with E-state index in [9.17, 15) is 19.5 Å². The molecule has 0 unspecified atom stereocenters. The average Bonchev–Trinajstić information content (AvgIpc) is 2.63. The molecule has 0 saturated carbocycles. The maximum Gasteiger partial charge on any atom is 0.303 e. The van der Waals surface area contributed by atoms with Gasteiger partial charge in [-0.05, 0) is 19.3 Å². The van der Waals surface area contributed by atoms with E-state index in [-0.39, 0.29) is 26.1 Å². The highest BCUT2D eigenvalue weighted by molar-refractivity contribution is 5.81. The van der Waals surface area contributed by atoms with Gasteiger partial charge in [-0.3, -0.25) is 14.4 Å². The van der Waals surface area contributed by atoms with E-state index in [2.05, 4.69) is 5.32 Å². The highest BCUT2D eigenvalue weighted by Crippen LogP contribution is 2.19. The summed E-state index contributed by atoms with van der Waals surface area (Å²) >= 11 is 0. The summed E-state index contributed by atoms with van der Waals surface area (Å²) in [6.45, 7) is 3.27. The lowest BCUT2D eigenvalue weighted by Crippen LogP contribution is -2.45. The van der Waals surface area contributed by atoms with Crippen molar-refractivity contribution in [1.29, 1.82) is 0 Å². The summed E-state index contributed by atoms with van der Waals surface area (Å²) in [7, 11) is 0. The van der Waals surface area contributed by atoms with E-state index < -0.39 is 29.4 Å². The van der Waals surface area contributed by atoms with Gasteiger partial charge in [0.2, 0.25) is 5.91 Å². The Morgan fingerprint density at radius 2 is 1.25 bits per heavy atom. The molecule has 28 heavy (non-hydrogen) atoms. The lowest BCUT2D eigenvalue weighted by atomic mass is 9.87. The molecule has 0 heterocycles. The Kier molecular flexibility index (Phi) is 17.7. The summed E-state index contributed by atoms with van der Waals surface area (Å²) in [5, 5.41) is 46.0. The monoisotopic (exact) mass is 407 g/mol. The van der Waals surface area contributed by atoms with Gasteiger partial charge in [0, 0.05) is 31.4 Å². The molecule has 0 radical (unpaired) electrons. The van der Waals surface area contributed by atoms with Crippen LogP contribution >= 0.6 is 0 Å². The highest BCUT2D eigenvalue weighted by atomic mass is 16.4. The lowest BCUT2D eigenvalue weighted by Gasteiger charge is -2.27. The first-order valence-corrected chi connectivity index (χ1v) is 9.69. The number of hydrogen-bond acceptors (Lipinski definition) is 6. The second-order valence-corrected chi connectivity index (χ2v) is 7.33. The van der Waals surface area contributed by atoms with Crippen LogP contribution in [0.4, 0.5) is 0 Å². The molecule has 6 N–H and O–H groups in total. The minimum absolute atomic E-state index is 0.000230. The first-order chi connectivity index (χ1) is 13.1. The lowest BCUT2D eigenvalue weighted by molar-refractivity contribution is -0.138. The normalized spacial score (nSPS) is 11.9. The number of nitrogens with one attached hydrogen (secondary N) is 1. The Bertz CT molecular complexity index is 420. The predicted molar refractivity (Wildman–Crippen MR) is 104 cm³/mol. The first kappa shape index (κ1) is 28.5. The Morgan fingerprint density at radius 1 is 0.821 bits per heavy atom. The van der Waals surface area contributed by atoms with E-state index in [0.29, 0.717) is 13.0 Å². The molecule has 0 bridgehead atoms. The van der Waals surface area contributed by atoms with E-state index in [1.807, 2.05) is 0 Å². The molecule has 0 aliphatic rings. The van der Waals surface area contributed by atoms with Crippen molar-refractivity contribution >= 4 is 17.8 Å². The fraction of sp³-hybridized carbons (Fsp3) is 0.842. The van der Waals surface area contributed by atoms with Crippen molar-refractivity contribution in [3.05, 3.63) is 0 Å². The molecule has 0 aliphatic heterocycles. The number of carboxylic acids is 2. The van der Waals surface area contributed by atoms with Crippen LogP contribution in [0.3, 0.4) is 0 Å². The molecule has 0 rings (SSSR count). The van der Waals surface area contributed by atoms with Crippen molar-refractivity contribution in [1.82, 2.24) is 5.32 Å². The first-order valence-electron chi connectivity index (χ1n) is 9.69. The zero-order valence-corrected chi connectivity index (χ0v) is 17.0. The molecule has 9 nitrogen and oxygen atoms in total. The van der Waals surface area contributed by atoms with Crippen LogP contribution in [0.5, 0.6) is 0 Å². The molecular formula is C19H37NO8. The Hall–Kier alpha value is -1.71. The number of carbonyl (C=O) groups excluding carboxylic acids is 1. The van der Waals surface area contributed by atoms with Crippen LogP contribution in [0.25, 0.3) is 0 Å². The zero-order chi connectivity index (χ0) is 22.0. The summed E-state index contributed by atoms with van der Waals surface area (Å²) in [5.41, 5.74) is -0.844. The van der Waals surface area contributed by atoms with Gasteiger partial charge in [0.25, 0.3) is 0 Å². The second-order valence-electron chi connectivity index (χ2n) is 7.33. The number of unbranched alkanes of at least 4 members (excludes halogenated alkanes) is 5. The summed E-state index contributed by atoms with van der Waals surface area (Å²) in [4.78, 5) is 31.6. The third-order valence-corrected chi connectivity index (χ3v) is 4.06. The maximum absolute atomic E-state index is 11.3. The highest BCUT2D eigenvalue weighted by Gasteiger charge is 2.32. The standard InChI is InChI=1S/C10H18O4.C9H19NO4/c11-9(12)7-5-3-1-2-4-6-8-10(13)14;1-9(2,6-12)7(13)8(14)10-4-3-5-11/h1-8H2,(H,11,12)(H,13,14);7,11-13H,3-6H2,1-2H3,(H,10,14)/t;7-/m.0/s1. The van der Waals surface area contributed by atoms with Crippen LogP contribution in [0, 0.1) is 5.41 Å². The molecular weight excluding hydrogens is 370 g/mol. The second kappa shape index (κ2) is 17.4. The van der Waals surface area contributed by atoms with Gasteiger partial charge in [0.15, 0.2) is 0 Å². The van der Waals surface area contributed by atoms with E-state index in [4.69, 9.17) is 20.4 Å². The zero-order valence-electron chi connectivity index (χ0n) is 17.0. The van der Waals surface area contributed by atoms with Crippen molar-refractivity contribution in [2.75, 3.05) is 19.8 Å². The summed E-state index contributed by atoms with van der Waals surface area (Å²) < 4.78 is 0. The maximum atomic E-state index is 11.3. The van der Waals surface area contributed by atoms with E-state index in [0.717, 1.165) is 38.5 Å². The van der Waals surface area contributed by atoms with E-state index in [1.165, 1.54) is 0 Å². The van der Waals surface area contributed by atoms with E-state index >= 15 is 0 Å². The van der Waals surface area contributed by atoms with Crippen molar-refractivity contribution in [3.63, 3.8) is 0 Å². The van der Waals surface area contributed by atoms with Crippen LogP contribution in [-0.4, -0.2) is 69.2 Å². The number of aliphatic hydroxyl groups is 3. The van der Waals surface area contributed by atoms with Gasteiger partial charge in [-0.25, -0.2) is 0 Å².